The molecule has 34 heavy (non-hydrogen) atoms. The Morgan fingerprint density at radius 1 is 0.912 bits per heavy atom. The lowest BCUT2D eigenvalue weighted by Gasteiger charge is -2.33. The number of sulfone groups is 2. The highest BCUT2D eigenvalue weighted by Crippen LogP contribution is 2.56. The zero-order valence-electron chi connectivity index (χ0n) is 19.4. The first-order chi connectivity index (χ1) is 15.6. The van der Waals surface area contributed by atoms with Crippen molar-refractivity contribution in [1.29, 1.82) is 0 Å². The second-order valence-electron chi connectivity index (χ2n) is 9.77. The maximum atomic E-state index is 17.0. The van der Waals surface area contributed by atoms with Gasteiger partial charge < -0.3 is 4.74 Å². The van der Waals surface area contributed by atoms with Crippen molar-refractivity contribution in [2.24, 2.45) is 0 Å². The highest BCUT2D eigenvalue weighted by molar-refractivity contribution is 7.94. The fraction of sp³-hybridized carbons (Fsp3) is 0.417. The first kappa shape index (κ1) is 24.5. The van der Waals surface area contributed by atoms with E-state index in [9.17, 15) is 26.4 Å². The average Bonchev–Trinajstić information content (AvgIpc) is 3.02. The van der Waals surface area contributed by atoms with Crippen LogP contribution in [0.25, 0.3) is 0 Å². The van der Waals surface area contributed by atoms with Gasteiger partial charge in [-0.25, -0.2) is 26.0 Å². The van der Waals surface area contributed by atoms with E-state index in [1.165, 1.54) is 44.2 Å². The van der Waals surface area contributed by atoms with Crippen molar-refractivity contribution in [3.05, 3.63) is 58.7 Å². The lowest BCUT2D eigenvalue weighted by Crippen LogP contribution is -2.52. The van der Waals surface area contributed by atoms with E-state index >= 15 is 4.39 Å². The molecule has 2 aromatic carbocycles. The van der Waals surface area contributed by atoms with Crippen molar-refractivity contribution in [3.63, 3.8) is 0 Å². The number of fused-ring (bicyclic) bond motifs is 2. The zero-order chi connectivity index (χ0) is 25.5. The third kappa shape index (κ3) is 2.90. The number of benzene rings is 2. The number of alkyl halides is 1. The summed E-state index contributed by atoms with van der Waals surface area (Å²) in [5, 5.41) is -3.48. The van der Waals surface area contributed by atoms with Gasteiger partial charge in [0.25, 0.3) is 5.00 Å². The summed E-state index contributed by atoms with van der Waals surface area (Å²) in [6, 6.07) is 7.69. The maximum Gasteiger partial charge on any atom is 0.338 e. The fourth-order valence-corrected chi connectivity index (χ4v) is 9.86. The molecule has 0 bridgehead atoms. The Morgan fingerprint density at radius 3 is 2.06 bits per heavy atom. The highest BCUT2D eigenvalue weighted by atomic mass is 32.2. The number of ether oxygens (including phenoxy) is 1. The van der Waals surface area contributed by atoms with Crippen molar-refractivity contribution in [2.75, 3.05) is 12.4 Å². The lowest BCUT2D eigenvalue weighted by molar-refractivity contribution is 0.0516. The second kappa shape index (κ2) is 7.21. The van der Waals surface area contributed by atoms with E-state index in [0.29, 0.717) is 0 Å². The molecule has 1 unspecified atom stereocenters. The SMILES string of the molecule is CCOC(=O)c1cccc2c1C(C)(C)C(F)(C(=O)c1cccc3c1C(C)(C)CS3(=O)=O)S2(=O)=O. The molecule has 2 aromatic rings. The molecular formula is C24H25FO7S2. The number of hydrogen-bond donors (Lipinski definition) is 0. The molecule has 4 rings (SSSR count). The van der Waals surface area contributed by atoms with Crippen LogP contribution in [0.3, 0.4) is 0 Å². The van der Waals surface area contributed by atoms with E-state index in [0.717, 1.165) is 6.07 Å². The Balaban J connectivity index is 2.01. The molecule has 0 N–H and O–H groups in total. The molecule has 2 heterocycles. The van der Waals surface area contributed by atoms with Crippen LogP contribution in [0.1, 0.15) is 66.5 Å². The fourth-order valence-electron chi connectivity index (χ4n) is 5.31. The minimum atomic E-state index is -4.93. The van der Waals surface area contributed by atoms with Gasteiger partial charge in [-0.1, -0.05) is 45.9 Å². The van der Waals surface area contributed by atoms with E-state index in [1.807, 2.05) is 0 Å². The van der Waals surface area contributed by atoms with Crippen molar-refractivity contribution < 1.29 is 35.6 Å². The Hall–Kier alpha value is -2.59. The van der Waals surface area contributed by atoms with Gasteiger partial charge in [-0.05, 0) is 36.2 Å². The van der Waals surface area contributed by atoms with Gasteiger partial charge in [0, 0.05) is 16.4 Å². The summed E-state index contributed by atoms with van der Waals surface area (Å²) in [5.74, 6) is -2.47. The molecule has 0 aliphatic carbocycles. The molecule has 0 saturated carbocycles. The van der Waals surface area contributed by atoms with E-state index in [2.05, 4.69) is 0 Å². The molecule has 2 aliphatic rings. The van der Waals surface area contributed by atoms with Crippen LogP contribution >= 0.6 is 0 Å². The zero-order valence-corrected chi connectivity index (χ0v) is 21.1. The van der Waals surface area contributed by atoms with Crippen LogP contribution in [-0.2, 0) is 35.2 Å². The van der Waals surface area contributed by atoms with E-state index in [1.54, 1.807) is 20.8 Å². The standard InChI is InChI=1S/C24H25FO7S2/c1-6-32-21(27)15-10-8-12-17-19(15)23(4,5)24(25,34(17,30)31)20(26)14-9-7-11-16-18(14)22(2,3)13-33(16,28)29/h7-12H,6,13H2,1-5H3. The molecule has 0 spiro atoms. The van der Waals surface area contributed by atoms with Crippen LogP contribution in [0.2, 0.25) is 0 Å². The number of rotatable bonds is 4. The topological polar surface area (TPSA) is 112 Å². The van der Waals surface area contributed by atoms with Gasteiger partial charge in [-0.3, -0.25) is 4.79 Å². The number of Topliss-reactive ketones (excluding diaryl/α,β-unsaturated/α-hetero) is 1. The van der Waals surface area contributed by atoms with Crippen LogP contribution in [0.5, 0.6) is 0 Å². The summed E-state index contributed by atoms with van der Waals surface area (Å²) in [6.07, 6.45) is 0. The summed E-state index contributed by atoms with van der Waals surface area (Å²) in [6.45, 7) is 7.33. The lowest BCUT2D eigenvalue weighted by atomic mass is 9.73. The van der Waals surface area contributed by atoms with Gasteiger partial charge in [-0.2, -0.15) is 0 Å². The van der Waals surface area contributed by atoms with Gasteiger partial charge in [0.05, 0.1) is 27.7 Å². The molecule has 0 radical (unpaired) electrons. The van der Waals surface area contributed by atoms with Gasteiger partial charge >= 0.3 is 5.97 Å². The largest absolute Gasteiger partial charge is 0.462 e. The molecule has 10 heteroatoms. The first-order valence-electron chi connectivity index (χ1n) is 10.7. The summed E-state index contributed by atoms with van der Waals surface area (Å²) in [5.41, 5.74) is -3.49. The van der Waals surface area contributed by atoms with Gasteiger partial charge in [0.1, 0.15) is 0 Å². The van der Waals surface area contributed by atoms with Crippen molar-refractivity contribution in [1.82, 2.24) is 0 Å². The number of esters is 1. The van der Waals surface area contributed by atoms with Crippen LogP contribution in [0, 0.1) is 0 Å². The van der Waals surface area contributed by atoms with E-state index < -0.39 is 52.2 Å². The van der Waals surface area contributed by atoms with Crippen LogP contribution in [-0.4, -0.2) is 45.9 Å². The second-order valence-corrected chi connectivity index (χ2v) is 13.7. The minimum absolute atomic E-state index is 0.0229. The summed E-state index contributed by atoms with van der Waals surface area (Å²) in [4.78, 5) is 25.9. The minimum Gasteiger partial charge on any atom is -0.462 e. The van der Waals surface area contributed by atoms with Crippen molar-refractivity contribution in [3.8, 4) is 0 Å². The Kier molecular flexibility index (Phi) is 5.20. The Morgan fingerprint density at radius 2 is 1.47 bits per heavy atom. The number of ketones is 1. The molecule has 1 atom stereocenters. The number of carbonyl (C=O) groups is 2. The third-order valence-electron chi connectivity index (χ3n) is 6.74. The third-order valence-corrected chi connectivity index (χ3v) is 11.2. The van der Waals surface area contributed by atoms with Crippen LogP contribution in [0.15, 0.2) is 46.2 Å². The molecule has 7 nitrogen and oxygen atoms in total. The van der Waals surface area contributed by atoms with Gasteiger partial charge in [-0.15, -0.1) is 0 Å². The summed E-state index contributed by atoms with van der Waals surface area (Å²) >= 11 is 0. The highest BCUT2D eigenvalue weighted by Gasteiger charge is 2.70. The molecule has 182 valence electrons. The Labute approximate surface area is 198 Å². The number of hydrogen-bond acceptors (Lipinski definition) is 7. The first-order valence-corrected chi connectivity index (χ1v) is 13.8. The normalized spacial score (nSPS) is 24.8. The predicted octanol–water partition coefficient (Wildman–Crippen LogP) is 3.54. The van der Waals surface area contributed by atoms with Gasteiger partial charge in [0.2, 0.25) is 15.6 Å². The Bertz CT molecular complexity index is 1470. The molecular weight excluding hydrogens is 483 g/mol. The van der Waals surface area contributed by atoms with Gasteiger partial charge in [0.15, 0.2) is 9.84 Å². The molecule has 0 amide bonds. The van der Waals surface area contributed by atoms with E-state index in [4.69, 9.17) is 4.74 Å². The van der Waals surface area contributed by atoms with Crippen molar-refractivity contribution >= 4 is 31.4 Å². The monoisotopic (exact) mass is 508 g/mol. The van der Waals surface area contributed by atoms with Crippen LogP contribution in [0.4, 0.5) is 4.39 Å². The van der Waals surface area contributed by atoms with Crippen molar-refractivity contribution in [2.45, 2.75) is 60.2 Å². The van der Waals surface area contributed by atoms with Crippen LogP contribution < -0.4 is 0 Å². The number of carbonyl (C=O) groups excluding carboxylic acids is 2. The maximum absolute atomic E-state index is 17.0. The average molecular weight is 509 g/mol. The summed E-state index contributed by atoms with van der Waals surface area (Å²) in [7, 11) is -8.66. The predicted molar refractivity (Wildman–Crippen MR) is 122 cm³/mol. The summed E-state index contributed by atoms with van der Waals surface area (Å²) < 4.78 is 74.6. The molecule has 0 saturated heterocycles. The molecule has 2 aliphatic heterocycles. The quantitative estimate of drug-likeness (QED) is 0.459. The smallest absolute Gasteiger partial charge is 0.338 e. The number of halogens is 1. The molecule has 0 aromatic heterocycles. The molecule has 0 fully saturated rings. The van der Waals surface area contributed by atoms with E-state index in [-0.39, 0.29) is 39.5 Å².